The molecular formula is C25H30Cl2F2N2O2. The van der Waals surface area contributed by atoms with Crippen molar-refractivity contribution in [3.05, 3.63) is 69.2 Å². The molecule has 0 unspecified atom stereocenters. The van der Waals surface area contributed by atoms with Gasteiger partial charge in [-0.1, -0.05) is 81.4 Å². The van der Waals surface area contributed by atoms with Gasteiger partial charge in [0.1, 0.15) is 17.7 Å². The van der Waals surface area contributed by atoms with Gasteiger partial charge in [-0.3, -0.25) is 10.1 Å². The fourth-order valence-corrected chi connectivity index (χ4v) is 5.74. The van der Waals surface area contributed by atoms with Crippen molar-refractivity contribution >= 4 is 29.2 Å². The van der Waals surface area contributed by atoms with E-state index < -0.39 is 41.1 Å². The number of carboxylic acid groups (broad SMARTS) is 1. The van der Waals surface area contributed by atoms with Crippen molar-refractivity contribution in [2.24, 2.45) is 11.1 Å². The van der Waals surface area contributed by atoms with Crippen molar-refractivity contribution in [1.82, 2.24) is 5.32 Å². The highest BCUT2D eigenvalue weighted by Gasteiger charge is 2.59. The molecule has 0 spiro atoms. The summed E-state index contributed by atoms with van der Waals surface area (Å²) in [7, 11) is 0. The summed E-state index contributed by atoms with van der Waals surface area (Å²) in [4.78, 5) is 12.4. The van der Waals surface area contributed by atoms with E-state index in [-0.39, 0.29) is 26.6 Å². The van der Waals surface area contributed by atoms with E-state index in [1.54, 1.807) is 6.07 Å². The van der Waals surface area contributed by atoms with Crippen molar-refractivity contribution in [3.63, 3.8) is 0 Å². The first-order valence-electron chi connectivity index (χ1n) is 11.2. The molecule has 180 valence electrons. The quantitative estimate of drug-likeness (QED) is 0.402. The molecule has 0 bridgehead atoms. The number of halogens is 4. The molecule has 1 saturated heterocycles. The van der Waals surface area contributed by atoms with Crippen LogP contribution in [0.25, 0.3) is 0 Å². The average molecular weight is 499 g/mol. The Hall–Kier alpha value is -1.73. The lowest BCUT2D eigenvalue weighted by molar-refractivity contribution is -0.139. The Kier molecular flexibility index (Phi) is 7.74. The number of nitrogens with two attached hydrogens (primary N) is 1. The van der Waals surface area contributed by atoms with E-state index in [4.69, 9.17) is 28.9 Å². The van der Waals surface area contributed by atoms with Crippen LogP contribution in [0, 0.1) is 17.0 Å². The maximum Gasteiger partial charge on any atom is 0.321 e. The molecule has 1 aliphatic heterocycles. The van der Waals surface area contributed by atoms with E-state index in [2.05, 4.69) is 26.1 Å². The van der Waals surface area contributed by atoms with Gasteiger partial charge in [0, 0.05) is 22.5 Å². The van der Waals surface area contributed by atoms with Crippen LogP contribution in [0.1, 0.15) is 63.5 Å². The third-order valence-corrected chi connectivity index (χ3v) is 8.20. The zero-order valence-electron chi connectivity index (χ0n) is 19.0. The van der Waals surface area contributed by atoms with Gasteiger partial charge in [-0.15, -0.1) is 0 Å². The first-order valence-corrected chi connectivity index (χ1v) is 12.0. The number of nitrogens with one attached hydrogen (secondary N) is 1. The lowest BCUT2D eigenvalue weighted by Crippen LogP contribution is -2.53. The number of rotatable bonds is 8. The monoisotopic (exact) mass is 498 g/mol. The van der Waals surface area contributed by atoms with Gasteiger partial charge in [0.25, 0.3) is 0 Å². The van der Waals surface area contributed by atoms with Gasteiger partial charge >= 0.3 is 5.97 Å². The Labute approximate surface area is 203 Å². The highest BCUT2D eigenvalue weighted by Crippen LogP contribution is 2.51. The lowest BCUT2D eigenvalue weighted by atomic mass is 9.66. The molecule has 33 heavy (non-hydrogen) atoms. The summed E-state index contributed by atoms with van der Waals surface area (Å²) in [6.07, 6.45) is 3.01. The van der Waals surface area contributed by atoms with Crippen molar-refractivity contribution in [3.8, 4) is 0 Å². The number of carbonyl (C=O) groups is 1. The molecule has 0 radical (unpaired) electrons. The number of aliphatic carboxylic acids is 1. The third kappa shape index (κ3) is 4.51. The van der Waals surface area contributed by atoms with E-state index >= 15 is 8.78 Å². The van der Waals surface area contributed by atoms with Gasteiger partial charge in [-0.2, -0.15) is 0 Å². The second kappa shape index (κ2) is 9.87. The van der Waals surface area contributed by atoms with Crippen LogP contribution in [0.2, 0.25) is 10.0 Å². The summed E-state index contributed by atoms with van der Waals surface area (Å²) in [5.74, 6) is -3.72. The largest absolute Gasteiger partial charge is 0.480 e. The van der Waals surface area contributed by atoms with E-state index in [0.717, 1.165) is 25.3 Å². The minimum atomic E-state index is -1.58. The Bertz CT molecular complexity index is 1020. The highest BCUT2D eigenvalue weighted by atomic mass is 35.5. The van der Waals surface area contributed by atoms with Crippen molar-refractivity contribution < 1.29 is 18.7 Å². The van der Waals surface area contributed by atoms with Crippen LogP contribution in [0.5, 0.6) is 0 Å². The summed E-state index contributed by atoms with van der Waals surface area (Å²) >= 11 is 12.0. The molecule has 1 fully saturated rings. The molecule has 4 atom stereocenters. The van der Waals surface area contributed by atoms with E-state index in [1.165, 1.54) is 24.3 Å². The number of hydrogen-bond acceptors (Lipinski definition) is 3. The van der Waals surface area contributed by atoms with Gasteiger partial charge in [0.05, 0.1) is 10.6 Å². The van der Waals surface area contributed by atoms with Crippen LogP contribution in [-0.4, -0.2) is 23.2 Å². The molecule has 1 heterocycles. The van der Waals surface area contributed by atoms with E-state index in [1.807, 2.05) is 0 Å². The Morgan fingerprint density at radius 3 is 2.33 bits per heavy atom. The van der Waals surface area contributed by atoms with Crippen molar-refractivity contribution in [2.45, 2.75) is 70.0 Å². The zero-order chi connectivity index (χ0) is 24.6. The average Bonchev–Trinajstić information content (AvgIpc) is 3.06. The van der Waals surface area contributed by atoms with Crippen LogP contribution in [0.4, 0.5) is 8.78 Å². The molecule has 8 heteroatoms. The smallest absolute Gasteiger partial charge is 0.321 e. The molecule has 4 nitrogen and oxygen atoms in total. The first-order chi connectivity index (χ1) is 15.5. The Balaban J connectivity index is 2.30. The Morgan fingerprint density at radius 1 is 1.15 bits per heavy atom. The zero-order valence-corrected chi connectivity index (χ0v) is 20.5. The summed E-state index contributed by atoms with van der Waals surface area (Å²) in [6.45, 7) is 6.23. The molecule has 0 aromatic heterocycles. The van der Waals surface area contributed by atoms with Crippen LogP contribution < -0.4 is 11.1 Å². The minimum absolute atomic E-state index is 0.0387. The van der Waals surface area contributed by atoms with Gasteiger partial charge in [-0.25, -0.2) is 8.78 Å². The fourth-order valence-electron chi connectivity index (χ4n) is 5.39. The summed E-state index contributed by atoms with van der Waals surface area (Å²) < 4.78 is 30.6. The third-order valence-electron chi connectivity index (χ3n) is 7.67. The SMILES string of the molecule is CCC(CC)(CC)C[C@@H]1N[C@@H](C(=O)O)[C@H](c2cccc(Cl)c2F)[C@@]1(N)c1ccc(Cl)cc1F. The summed E-state index contributed by atoms with van der Waals surface area (Å²) in [5.41, 5.74) is 5.46. The molecule has 2 aromatic carbocycles. The predicted octanol–water partition coefficient (Wildman–Crippen LogP) is 6.24. The Morgan fingerprint density at radius 2 is 1.79 bits per heavy atom. The normalized spacial score (nSPS) is 25.4. The molecule has 0 aliphatic carbocycles. The maximum atomic E-state index is 15.3. The van der Waals surface area contributed by atoms with Crippen molar-refractivity contribution in [1.29, 1.82) is 0 Å². The number of hydrogen-bond donors (Lipinski definition) is 3. The fraction of sp³-hybridized carbons (Fsp3) is 0.480. The molecule has 0 amide bonds. The van der Waals surface area contributed by atoms with Crippen LogP contribution in [0.15, 0.2) is 36.4 Å². The molecule has 3 rings (SSSR count). The predicted molar refractivity (Wildman–Crippen MR) is 128 cm³/mol. The van der Waals surface area contributed by atoms with Crippen LogP contribution >= 0.6 is 23.2 Å². The number of carboxylic acids is 1. The van der Waals surface area contributed by atoms with Crippen molar-refractivity contribution in [2.75, 3.05) is 0 Å². The van der Waals surface area contributed by atoms with Gasteiger partial charge < -0.3 is 10.8 Å². The van der Waals surface area contributed by atoms with Gasteiger partial charge in [-0.05, 0) is 35.6 Å². The standard InChI is InChI=1S/C25H30Cl2F2N2O2/c1-4-24(5-2,6-3)13-19-25(30,16-11-10-14(26)12-18(16)28)20(22(31-19)23(32)33)15-8-7-9-17(27)21(15)29/h7-12,19-20,22,31H,4-6,13,30H2,1-3H3,(H,32,33)/t19-,20-,22+,25+/m0/s1. The highest BCUT2D eigenvalue weighted by molar-refractivity contribution is 6.31. The second-order valence-electron chi connectivity index (χ2n) is 8.98. The maximum absolute atomic E-state index is 15.3. The summed E-state index contributed by atoms with van der Waals surface area (Å²) in [5, 5.41) is 13.3. The molecule has 1 aliphatic rings. The molecular weight excluding hydrogens is 469 g/mol. The van der Waals surface area contributed by atoms with E-state index in [0.29, 0.717) is 6.42 Å². The molecule has 0 saturated carbocycles. The number of benzene rings is 2. The van der Waals surface area contributed by atoms with Gasteiger partial charge in [0.15, 0.2) is 0 Å². The van der Waals surface area contributed by atoms with Crippen LogP contribution in [-0.2, 0) is 10.3 Å². The minimum Gasteiger partial charge on any atom is -0.480 e. The summed E-state index contributed by atoms with van der Waals surface area (Å²) in [6, 6.07) is 6.63. The molecule has 4 N–H and O–H groups in total. The lowest BCUT2D eigenvalue weighted by Gasteiger charge is -2.42. The first kappa shape index (κ1) is 25.9. The van der Waals surface area contributed by atoms with E-state index in [9.17, 15) is 9.90 Å². The van der Waals surface area contributed by atoms with Gasteiger partial charge in [0.2, 0.25) is 0 Å². The van der Waals surface area contributed by atoms with Crippen LogP contribution in [0.3, 0.4) is 0 Å². The second-order valence-corrected chi connectivity index (χ2v) is 9.82. The topological polar surface area (TPSA) is 75.3 Å². The molecule has 2 aromatic rings.